The standard InChI is InChI=1S/C13H16N2O2/c1-8-2-3-11-9(4-8)5-12(15-11)10(7-14)6-13(16)17/h2-5,10,15H,6-7,14H2,1H3,(H,16,17). The van der Waals surface area contributed by atoms with E-state index in [2.05, 4.69) is 11.1 Å². The first-order valence-corrected chi connectivity index (χ1v) is 5.61. The molecule has 1 aromatic carbocycles. The third kappa shape index (κ3) is 2.47. The van der Waals surface area contributed by atoms with Gasteiger partial charge in [-0.3, -0.25) is 4.79 Å². The molecule has 0 amide bonds. The maximum Gasteiger partial charge on any atom is 0.304 e. The molecule has 90 valence electrons. The number of carbonyl (C=O) groups is 1. The highest BCUT2D eigenvalue weighted by atomic mass is 16.4. The molecule has 2 aromatic rings. The van der Waals surface area contributed by atoms with Crippen molar-refractivity contribution >= 4 is 16.9 Å². The van der Waals surface area contributed by atoms with Crippen LogP contribution in [0.4, 0.5) is 0 Å². The number of aromatic amines is 1. The van der Waals surface area contributed by atoms with Crippen molar-refractivity contribution in [2.45, 2.75) is 19.3 Å². The van der Waals surface area contributed by atoms with Crippen LogP contribution in [0.5, 0.6) is 0 Å². The molecule has 1 aromatic heterocycles. The summed E-state index contributed by atoms with van der Waals surface area (Å²) in [6, 6.07) is 8.09. The number of fused-ring (bicyclic) bond motifs is 1. The lowest BCUT2D eigenvalue weighted by molar-refractivity contribution is -0.137. The summed E-state index contributed by atoms with van der Waals surface area (Å²) in [7, 11) is 0. The number of aryl methyl sites for hydroxylation is 1. The van der Waals surface area contributed by atoms with Gasteiger partial charge in [-0.05, 0) is 30.5 Å². The van der Waals surface area contributed by atoms with Crippen LogP contribution in [-0.2, 0) is 4.79 Å². The molecule has 0 saturated heterocycles. The second kappa shape index (κ2) is 4.59. The number of rotatable bonds is 4. The molecular formula is C13H16N2O2. The molecule has 0 fully saturated rings. The van der Waals surface area contributed by atoms with Crippen LogP contribution < -0.4 is 5.73 Å². The highest BCUT2D eigenvalue weighted by Crippen LogP contribution is 2.24. The molecule has 0 aliphatic carbocycles. The molecule has 0 saturated carbocycles. The van der Waals surface area contributed by atoms with E-state index in [1.807, 2.05) is 25.1 Å². The number of carboxylic acid groups (broad SMARTS) is 1. The maximum absolute atomic E-state index is 10.7. The van der Waals surface area contributed by atoms with E-state index in [4.69, 9.17) is 10.8 Å². The third-order valence-electron chi connectivity index (χ3n) is 2.94. The van der Waals surface area contributed by atoms with E-state index in [1.165, 1.54) is 5.56 Å². The van der Waals surface area contributed by atoms with Crippen LogP contribution in [0.2, 0.25) is 0 Å². The van der Waals surface area contributed by atoms with Crippen LogP contribution in [0, 0.1) is 6.92 Å². The minimum absolute atomic E-state index is 0.0578. The lowest BCUT2D eigenvalue weighted by atomic mass is 10.0. The number of H-pyrrole nitrogens is 1. The minimum atomic E-state index is -0.824. The van der Waals surface area contributed by atoms with Gasteiger partial charge in [0.2, 0.25) is 0 Å². The average Bonchev–Trinajstić information content (AvgIpc) is 2.68. The predicted octanol–water partition coefficient (Wildman–Crippen LogP) is 1.99. The van der Waals surface area contributed by atoms with Crippen molar-refractivity contribution in [2.24, 2.45) is 5.73 Å². The third-order valence-corrected chi connectivity index (χ3v) is 2.94. The Hall–Kier alpha value is -1.81. The second-order valence-corrected chi connectivity index (χ2v) is 4.35. The van der Waals surface area contributed by atoms with E-state index in [-0.39, 0.29) is 12.3 Å². The molecule has 1 heterocycles. The number of nitrogens with two attached hydrogens (primary N) is 1. The van der Waals surface area contributed by atoms with Crippen molar-refractivity contribution in [3.05, 3.63) is 35.5 Å². The van der Waals surface area contributed by atoms with E-state index in [1.54, 1.807) is 0 Å². The Kier molecular flexibility index (Phi) is 3.15. The number of benzene rings is 1. The fraction of sp³-hybridized carbons (Fsp3) is 0.308. The summed E-state index contributed by atoms with van der Waals surface area (Å²) in [6.45, 7) is 2.36. The summed E-state index contributed by atoms with van der Waals surface area (Å²) in [5.74, 6) is -0.976. The molecule has 2 rings (SSSR count). The number of aliphatic carboxylic acids is 1. The second-order valence-electron chi connectivity index (χ2n) is 4.35. The highest BCUT2D eigenvalue weighted by Gasteiger charge is 2.16. The van der Waals surface area contributed by atoms with Gasteiger partial charge in [-0.25, -0.2) is 0 Å². The quantitative estimate of drug-likeness (QED) is 0.754. The minimum Gasteiger partial charge on any atom is -0.481 e. The topological polar surface area (TPSA) is 79.1 Å². The van der Waals surface area contributed by atoms with E-state index in [9.17, 15) is 4.79 Å². The summed E-state index contributed by atoms with van der Waals surface area (Å²) in [5, 5.41) is 9.93. The smallest absolute Gasteiger partial charge is 0.304 e. The number of carboxylic acids is 1. The molecule has 0 radical (unpaired) electrons. The fourth-order valence-electron chi connectivity index (χ4n) is 2.03. The van der Waals surface area contributed by atoms with Gasteiger partial charge in [-0.1, -0.05) is 11.6 Å². The van der Waals surface area contributed by atoms with Gasteiger partial charge in [0, 0.05) is 23.7 Å². The summed E-state index contributed by atoms with van der Waals surface area (Å²) in [4.78, 5) is 14.0. The van der Waals surface area contributed by atoms with Gasteiger partial charge in [0.1, 0.15) is 0 Å². The fourth-order valence-corrected chi connectivity index (χ4v) is 2.03. The molecule has 1 atom stereocenters. The Morgan fingerprint density at radius 3 is 2.88 bits per heavy atom. The van der Waals surface area contributed by atoms with Crippen LogP contribution in [-0.4, -0.2) is 22.6 Å². The van der Waals surface area contributed by atoms with Crippen molar-refractivity contribution in [3.63, 3.8) is 0 Å². The van der Waals surface area contributed by atoms with Crippen molar-refractivity contribution < 1.29 is 9.90 Å². The van der Waals surface area contributed by atoms with Crippen LogP contribution >= 0.6 is 0 Å². The molecule has 4 nitrogen and oxygen atoms in total. The number of aromatic nitrogens is 1. The number of hydrogen-bond acceptors (Lipinski definition) is 2. The van der Waals surface area contributed by atoms with Gasteiger partial charge >= 0.3 is 5.97 Å². The number of hydrogen-bond donors (Lipinski definition) is 3. The average molecular weight is 232 g/mol. The first-order chi connectivity index (χ1) is 8.10. The molecule has 1 unspecified atom stereocenters. The Morgan fingerprint density at radius 1 is 1.47 bits per heavy atom. The van der Waals surface area contributed by atoms with Crippen LogP contribution in [0.15, 0.2) is 24.3 Å². The molecule has 4 N–H and O–H groups in total. The van der Waals surface area contributed by atoms with Gasteiger partial charge in [0.25, 0.3) is 0 Å². The predicted molar refractivity (Wildman–Crippen MR) is 67.1 cm³/mol. The zero-order chi connectivity index (χ0) is 12.4. The van der Waals surface area contributed by atoms with Gasteiger partial charge in [-0.2, -0.15) is 0 Å². The van der Waals surface area contributed by atoms with Gasteiger partial charge in [0.15, 0.2) is 0 Å². The molecule has 0 aliphatic rings. The van der Waals surface area contributed by atoms with Crippen molar-refractivity contribution in [3.8, 4) is 0 Å². The molecule has 0 spiro atoms. The zero-order valence-corrected chi connectivity index (χ0v) is 9.73. The lowest BCUT2D eigenvalue weighted by Gasteiger charge is -2.09. The van der Waals surface area contributed by atoms with Gasteiger partial charge in [-0.15, -0.1) is 0 Å². The van der Waals surface area contributed by atoms with E-state index >= 15 is 0 Å². The van der Waals surface area contributed by atoms with Gasteiger partial charge < -0.3 is 15.8 Å². The maximum atomic E-state index is 10.7. The normalized spacial score (nSPS) is 12.8. The largest absolute Gasteiger partial charge is 0.481 e. The van der Waals surface area contributed by atoms with Crippen molar-refractivity contribution in [2.75, 3.05) is 6.54 Å². The van der Waals surface area contributed by atoms with Crippen LogP contribution in [0.3, 0.4) is 0 Å². The summed E-state index contributed by atoms with van der Waals surface area (Å²) in [5.41, 5.74) is 8.73. The Bertz CT molecular complexity index is 545. The summed E-state index contributed by atoms with van der Waals surface area (Å²) >= 11 is 0. The summed E-state index contributed by atoms with van der Waals surface area (Å²) in [6.07, 6.45) is 0.0578. The Balaban J connectivity index is 2.37. The van der Waals surface area contributed by atoms with E-state index in [0.29, 0.717) is 6.54 Å². The number of nitrogens with one attached hydrogen (secondary N) is 1. The lowest BCUT2D eigenvalue weighted by Crippen LogP contribution is -2.16. The molecule has 17 heavy (non-hydrogen) atoms. The Morgan fingerprint density at radius 2 is 2.24 bits per heavy atom. The van der Waals surface area contributed by atoms with Crippen LogP contribution in [0.25, 0.3) is 10.9 Å². The van der Waals surface area contributed by atoms with Crippen molar-refractivity contribution in [1.29, 1.82) is 0 Å². The molecule has 0 bridgehead atoms. The molecule has 0 aliphatic heterocycles. The summed E-state index contributed by atoms with van der Waals surface area (Å²) < 4.78 is 0. The van der Waals surface area contributed by atoms with Crippen molar-refractivity contribution in [1.82, 2.24) is 4.98 Å². The first-order valence-electron chi connectivity index (χ1n) is 5.61. The SMILES string of the molecule is Cc1ccc2[nH]c(C(CN)CC(=O)O)cc2c1. The first kappa shape index (κ1) is 11.7. The zero-order valence-electron chi connectivity index (χ0n) is 9.73. The molecule has 4 heteroatoms. The van der Waals surface area contributed by atoms with Gasteiger partial charge in [0.05, 0.1) is 6.42 Å². The molecular weight excluding hydrogens is 216 g/mol. The van der Waals surface area contributed by atoms with Crippen LogP contribution in [0.1, 0.15) is 23.6 Å². The van der Waals surface area contributed by atoms with E-state index < -0.39 is 5.97 Å². The monoisotopic (exact) mass is 232 g/mol. The van der Waals surface area contributed by atoms with E-state index in [0.717, 1.165) is 16.6 Å². The Labute approximate surface area is 99.4 Å². The highest BCUT2D eigenvalue weighted by molar-refractivity contribution is 5.81.